The fourth-order valence-corrected chi connectivity index (χ4v) is 4.66. The molecule has 30 heavy (non-hydrogen) atoms. The van der Waals surface area contributed by atoms with Crippen molar-refractivity contribution in [1.82, 2.24) is 4.98 Å². The number of thioether (sulfide) groups is 1. The van der Waals surface area contributed by atoms with E-state index in [-0.39, 0.29) is 11.2 Å². The highest BCUT2D eigenvalue weighted by Crippen LogP contribution is 2.32. The van der Waals surface area contributed by atoms with E-state index in [2.05, 4.69) is 11.4 Å². The van der Waals surface area contributed by atoms with Crippen LogP contribution in [-0.4, -0.2) is 22.7 Å². The van der Waals surface area contributed by atoms with Crippen LogP contribution >= 0.6 is 11.8 Å². The van der Waals surface area contributed by atoms with Crippen molar-refractivity contribution in [2.45, 2.75) is 69.1 Å². The monoisotopic (exact) mass is 423 g/mol. The average molecular weight is 424 g/mol. The highest BCUT2D eigenvalue weighted by Gasteiger charge is 2.23. The van der Waals surface area contributed by atoms with E-state index < -0.39 is 0 Å². The number of benzene rings is 1. The van der Waals surface area contributed by atoms with Crippen molar-refractivity contribution in [3.63, 3.8) is 0 Å². The number of rotatable bonds is 7. The van der Waals surface area contributed by atoms with Gasteiger partial charge < -0.3 is 10.1 Å². The van der Waals surface area contributed by atoms with Crippen molar-refractivity contribution in [2.24, 2.45) is 0 Å². The number of anilines is 1. The molecule has 0 saturated heterocycles. The summed E-state index contributed by atoms with van der Waals surface area (Å²) in [6.07, 6.45) is 7.29. The summed E-state index contributed by atoms with van der Waals surface area (Å²) in [4.78, 5) is 17.8. The number of aryl methyl sites for hydroxylation is 2. The maximum Gasteiger partial charge on any atom is 0.238 e. The van der Waals surface area contributed by atoms with Crippen LogP contribution in [0.4, 0.5) is 5.69 Å². The van der Waals surface area contributed by atoms with E-state index >= 15 is 0 Å². The molecule has 0 bridgehead atoms. The number of amides is 1. The quantitative estimate of drug-likeness (QED) is 0.594. The molecule has 0 radical (unpaired) electrons. The van der Waals surface area contributed by atoms with Crippen LogP contribution in [0.5, 0.6) is 5.75 Å². The van der Waals surface area contributed by atoms with Crippen LogP contribution in [0.2, 0.25) is 0 Å². The molecule has 1 aliphatic carbocycles. The topological polar surface area (TPSA) is 75.0 Å². The number of nitrogens with one attached hydrogen (secondary N) is 1. The molecule has 1 amide bonds. The predicted octanol–water partition coefficient (Wildman–Crippen LogP) is 5.52. The number of pyridine rings is 1. The Morgan fingerprint density at radius 2 is 2.00 bits per heavy atom. The molecule has 1 heterocycles. The molecule has 0 saturated carbocycles. The Morgan fingerprint density at radius 1 is 1.23 bits per heavy atom. The molecule has 1 unspecified atom stereocenters. The lowest BCUT2D eigenvalue weighted by atomic mass is 9.96. The van der Waals surface area contributed by atoms with Crippen molar-refractivity contribution in [3.8, 4) is 11.8 Å². The molecule has 158 valence electrons. The summed E-state index contributed by atoms with van der Waals surface area (Å²) in [5.74, 6) is 0.553. The van der Waals surface area contributed by atoms with Gasteiger partial charge in [0.05, 0.1) is 23.1 Å². The number of aromatic nitrogens is 1. The Balaban J connectivity index is 1.80. The van der Waals surface area contributed by atoms with E-state index in [9.17, 15) is 10.1 Å². The summed E-state index contributed by atoms with van der Waals surface area (Å²) in [6.45, 7) is 4.42. The van der Waals surface area contributed by atoms with Gasteiger partial charge in [-0.1, -0.05) is 43.7 Å². The van der Waals surface area contributed by atoms with Gasteiger partial charge in [-0.25, -0.2) is 4.98 Å². The first-order valence-electron chi connectivity index (χ1n) is 10.8. The first-order chi connectivity index (χ1) is 14.7. The third-order valence-electron chi connectivity index (χ3n) is 5.25. The molecular weight excluding hydrogens is 394 g/mol. The number of nitrogens with zero attached hydrogens (tertiary/aromatic N) is 2. The minimum Gasteiger partial charge on any atom is -0.492 e. The van der Waals surface area contributed by atoms with E-state index in [0.717, 1.165) is 31.4 Å². The summed E-state index contributed by atoms with van der Waals surface area (Å²) in [5.41, 5.74) is 3.52. The molecule has 5 nitrogen and oxygen atoms in total. The minimum atomic E-state index is -0.342. The molecule has 1 N–H and O–H groups in total. The molecule has 2 aromatic rings. The summed E-state index contributed by atoms with van der Waals surface area (Å²) >= 11 is 1.38. The molecule has 1 aliphatic rings. The van der Waals surface area contributed by atoms with Crippen LogP contribution in [-0.2, 0) is 17.6 Å². The molecule has 1 atom stereocenters. The smallest absolute Gasteiger partial charge is 0.238 e. The predicted molar refractivity (Wildman–Crippen MR) is 121 cm³/mol. The van der Waals surface area contributed by atoms with E-state index in [4.69, 9.17) is 9.72 Å². The zero-order valence-electron chi connectivity index (χ0n) is 17.7. The van der Waals surface area contributed by atoms with Gasteiger partial charge in [0.2, 0.25) is 5.91 Å². The fourth-order valence-electron chi connectivity index (χ4n) is 3.66. The molecule has 0 spiro atoms. The minimum absolute atomic E-state index is 0.105. The number of hydrogen-bond donors (Lipinski definition) is 1. The standard InChI is InChI=1S/C24H29N3O2S/c1-3-22(23(28)26-20-13-9-10-14-21(20)29-4-2)30-24-18(16-25)15-17-11-7-5-6-8-12-19(17)27-24/h9-10,13-15,22H,3-8,11-12H2,1-2H3,(H,26,28). The zero-order chi connectivity index (χ0) is 21.3. The Labute approximate surface area is 183 Å². The van der Waals surface area contributed by atoms with Crippen LogP contribution in [0.3, 0.4) is 0 Å². The lowest BCUT2D eigenvalue weighted by Crippen LogP contribution is -2.25. The molecule has 1 aromatic heterocycles. The van der Waals surface area contributed by atoms with Gasteiger partial charge in [0.1, 0.15) is 16.8 Å². The van der Waals surface area contributed by atoms with Gasteiger partial charge in [0, 0.05) is 5.69 Å². The average Bonchev–Trinajstić information content (AvgIpc) is 2.74. The SMILES string of the molecule is CCOc1ccccc1NC(=O)C(CC)Sc1nc2c(cc1C#N)CCCCCC2. The molecule has 0 aliphatic heterocycles. The van der Waals surface area contributed by atoms with Crippen LogP contribution in [0.15, 0.2) is 35.4 Å². The summed E-state index contributed by atoms with van der Waals surface area (Å²) in [6, 6.07) is 11.7. The highest BCUT2D eigenvalue weighted by atomic mass is 32.2. The second-order valence-electron chi connectivity index (χ2n) is 7.41. The van der Waals surface area contributed by atoms with Crippen molar-refractivity contribution in [2.75, 3.05) is 11.9 Å². The summed E-state index contributed by atoms with van der Waals surface area (Å²) in [7, 11) is 0. The highest BCUT2D eigenvalue weighted by molar-refractivity contribution is 8.00. The second kappa shape index (κ2) is 11.0. The number of carbonyl (C=O) groups excluding carboxylic acids is 1. The molecule has 6 heteroatoms. The molecule has 3 rings (SSSR count). The lowest BCUT2D eigenvalue weighted by molar-refractivity contribution is -0.115. The first-order valence-corrected chi connectivity index (χ1v) is 11.7. The van der Waals surface area contributed by atoms with E-state index in [1.54, 1.807) is 0 Å². The van der Waals surface area contributed by atoms with Crippen LogP contribution in [0.25, 0.3) is 0 Å². The lowest BCUT2D eigenvalue weighted by Gasteiger charge is -2.19. The Kier molecular flexibility index (Phi) is 8.15. The van der Waals surface area contributed by atoms with Crippen LogP contribution in [0.1, 0.15) is 62.8 Å². The Hall–Kier alpha value is -2.52. The third kappa shape index (κ3) is 5.54. The number of ether oxygens (including phenoxy) is 1. The number of carbonyl (C=O) groups is 1. The number of nitriles is 1. The summed E-state index contributed by atoms with van der Waals surface area (Å²) < 4.78 is 5.61. The van der Waals surface area contributed by atoms with Crippen molar-refractivity contribution in [3.05, 3.63) is 47.2 Å². The number of para-hydroxylation sites is 2. The van der Waals surface area contributed by atoms with E-state index in [1.807, 2.05) is 44.2 Å². The van der Waals surface area contributed by atoms with Crippen molar-refractivity contribution < 1.29 is 9.53 Å². The Bertz CT molecular complexity index is 923. The first kappa shape index (κ1) is 22.2. The van der Waals surface area contributed by atoms with Crippen molar-refractivity contribution in [1.29, 1.82) is 5.26 Å². The number of fused-ring (bicyclic) bond motifs is 1. The van der Waals surface area contributed by atoms with Gasteiger partial charge in [-0.05, 0) is 62.8 Å². The largest absolute Gasteiger partial charge is 0.492 e. The van der Waals surface area contributed by atoms with Gasteiger partial charge >= 0.3 is 0 Å². The second-order valence-corrected chi connectivity index (χ2v) is 8.60. The van der Waals surface area contributed by atoms with Gasteiger partial charge in [0.25, 0.3) is 0 Å². The normalized spacial score (nSPS) is 14.6. The number of hydrogen-bond acceptors (Lipinski definition) is 5. The van der Waals surface area contributed by atoms with Gasteiger partial charge in [-0.3, -0.25) is 4.79 Å². The van der Waals surface area contributed by atoms with Gasteiger partial charge in [-0.15, -0.1) is 0 Å². The Morgan fingerprint density at radius 3 is 2.73 bits per heavy atom. The van der Waals surface area contributed by atoms with Crippen LogP contribution < -0.4 is 10.1 Å². The molecule has 0 fully saturated rings. The molecule has 1 aromatic carbocycles. The maximum absolute atomic E-state index is 13.0. The van der Waals surface area contributed by atoms with Gasteiger partial charge in [-0.2, -0.15) is 5.26 Å². The van der Waals surface area contributed by atoms with Gasteiger partial charge in [0.15, 0.2) is 0 Å². The summed E-state index contributed by atoms with van der Waals surface area (Å²) in [5, 5.41) is 13.0. The fraction of sp³-hybridized carbons (Fsp3) is 0.458. The third-order valence-corrected chi connectivity index (χ3v) is 6.61. The van der Waals surface area contributed by atoms with E-state index in [1.165, 1.54) is 30.2 Å². The zero-order valence-corrected chi connectivity index (χ0v) is 18.6. The van der Waals surface area contributed by atoms with E-state index in [0.29, 0.717) is 35.1 Å². The van der Waals surface area contributed by atoms with Crippen molar-refractivity contribution >= 4 is 23.4 Å². The maximum atomic E-state index is 13.0. The molecular formula is C24H29N3O2S. The van der Waals surface area contributed by atoms with Crippen LogP contribution in [0, 0.1) is 11.3 Å².